The van der Waals surface area contributed by atoms with Crippen LogP contribution in [0.15, 0.2) is 60.7 Å². The van der Waals surface area contributed by atoms with E-state index in [4.69, 9.17) is 9.47 Å². The van der Waals surface area contributed by atoms with E-state index in [2.05, 4.69) is 10.6 Å². The molecule has 3 rings (SSSR count). The van der Waals surface area contributed by atoms with Crippen LogP contribution in [0.5, 0.6) is 23.0 Å². The second-order valence-corrected chi connectivity index (χ2v) is 6.69. The van der Waals surface area contributed by atoms with Crippen molar-refractivity contribution in [1.82, 2.24) is 0 Å². The Morgan fingerprint density at radius 2 is 1.12 bits per heavy atom. The molecule has 0 radical (unpaired) electrons. The van der Waals surface area contributed by atoms with Gasteiger partial charge in [0.25, 0.3) is 0 Å². The van der Waals surface area contributed by atoms with E-state index < -0.39 is 0 Å². The van der Waals surface area contributed by atoms with Crippen LogP contribution in [0, 0.1) is 22.7 Å². The number of hydrogen-bond donors (Lipinski definition) is 2. The summed E-state index contributed by atoms with van der Waals surface area (Å²) in [7, 11) is 0. The second kappa shape index (κ2) is 9.79. The monoisotopic (exact) mass is 426 g/mol. The average molecular weight is 426 g/mol. The predicted molar refractivity (Wildman–Crippen MR) is 118 cm³/mol. The summed E-state index contributed by atoms with van der Waals surface area (Å²) in [4.78, 5) is 22.6. The lowest BCUT2D eigenvalue weighted by molar-refractivity contribution is -0.115. The maximum absolute atomic E-state index is 11.3. The molecule has 0 bridgehead atoms. The quantitative estimate of drug-likeness (QED) is 0.576. The minimum absolute atomic E-state index is 0.125. The number of anilines is 2. The van der Waals surface area contributed by atoms with Crippen molar-refractivity contribution in [2.45, 2.75) is 13.8 Å². The fourth-order valence-corrected chi connectivity index (χ4v) is 2.84. The molecule has 8 heteroatoms. The highest BCUT2D eigenvalue weighted by atomic mass is 16.5. The molecule has 0 spiro atoms. The maximum Gasteiger partial charge on any atom is 0.221 e. The fraction of sp³-hybridized carbons (Fsp3) is 0.0833. The molecule has 0 unspecified atom stereocenters. The predicted octanol–water partition coefficient (Wildman–Crippen LogP) is 4.93. The van der Waals surface area contributed by atoms with Crippen molar-refractivity contribution >= 4 is 23.2 Å². The van der Waals surface area contributed by atoms with Crippen LogP contribution < -0.4 is 20.1 Å². The molecule has 0 saturated heterocycles. The van der Waals surface area contributed by atoms with Crippen LogP contribution in [-0.4, -0.2) is 11.8 Å². The smallest absolute Gasteiger partial charge is 0.221 e. The molecule has 2 amide bonds. The van der Waals surface area contributed by atoms with Crippen molar-refractivity contribution in [1.29, 1.82) is 10.5 Å². The lowest BCUT2D eigenvalue weighted by Gasteiger charge is -2.15. The third-order valence-electron chi connectivity index (χ3n) is 4.09. The molecule has 3 aromatic carbocycles. The first-order chi connectivity index (χ1) is 15.4. The van der Waals surface area contributed by atoms with Gasteiger partial charge in [0.05, 0.1) is 11.1 Å². The van der Waals surface area contributed by atoms with E-state index in [1.54, 1.807) is 48.5 Å². The van der Waals surface area contributed by atoms with Crippen molar-refractivity contribution < 1.29 is 19.1 Å². The molecule has 32 heavy (non-hydrogen) atoms. The zero-order valence-corrected chi connectivity index (χ0v) is 17.3. The molecule has 3 aromatic rings. The van der Waals surface area contributed by atoms with E-state index >= 15 is 0 Å². The Kier molecular flexibility index (Phi) is 6.69. The van der Waals surface area contributed by atoms with Crippen molar-refractivity contribution in [3.63, 3.8) is 0 Å². The molecule has 0 fully saturated rings. The number of nitrogens with zero attached hydrogens (tertiary/aromatic N) is 2. The topological polar surface area (TPSA) is 124 Å². The SMILES string of the molecule is CC(=O)Nc1cccc(Oc2cc(C#N)c(C#N)cc2Oc2cccc(NC(C)=O)c2)c1. The summed E-state index contributed by atoms with van der Waals surface area (Å²) in [5.41, 5.74) is 1.32. The number of hydrogen-bond acceptors (Lipinski definition) is 6. The molecular formula is C24H18N4O4. The number of ether oxygens (including phenoxy) is 2. The third-order valence-corrected chi connectivity index (χ3v) is 4.09. The largest absolute Gasteiger partial charge is 0.453 e. The first-order valence-corrected chi connectivity index (χ1v) is 9.47. The van der Waals surface area contributed by atoms with Gasteiger partial charge in [0.2, 0.25) is 11.8 Å². The van der Waals surface area contributed by atoms with E-state index in [1.807, 2.05) is 12.1 Å². The van der Waals surface area contributed by atoms with E-state index in [9.17, 15) is 20.1 Å². The molecule has 0 aliphatic heterocycles. The zero-order chi connectivity index (χ0) is 23.1. The molecule has 0 saturated carbocycles. The number of amides is 2. The van der Waals surface area contributed by atoms with E-state index in [0.29, 0.717) is 22.9 Å². The van der Waals surface area contributed by atoms with Gasteiger partial charge in [-0.15, -0.1) is 0 Å². The first kappa shape index (κ1) is 21.9. The molecule has 8 nitrogen and oxygen atoms in total. The molecular weight excluding hydrogens is 408 g/mol. The van der Waals surface area contributed by atoms with Crippen LogP contribution in [0.1, 0.15) is 25.0 Å². The number of nitriles is 2. The Bertz CT molecular complexity index is 1170. The number of rotatable bonds is 6. The van der Waals surface area contributed by atoms with Gasteiger partial charge in [-0.05, 0) is 24.3 Å². The van der Waals surface area contributed by atoms with Gasteiger partial charge in [-0.1, -0.05) is 12.1 Å². The molecule has 158 valence electrons. The highest BCUT2D eigenvalue weighted by Crippen LogP contribution is 2.38. The summed E-state index contributed by atoms with van der Waals surface area (Å²) >= 11 is 0. The Morgan fingerprint density at radius 3 is 1.47 bits per heavy atom. The maximum atomic E-state index is 11.3. The zero-order valence-electron chi connectivity index (χ0n) is 17.3. The van der Waals surface area contributed by atoms with Crippen molar-refractivity contribution in [2.24, 2.45) is 0 Å². The van der Waals surface area contributed by atoms with E-state index in [1.165, 1.54) is 26.0 Å². The molecule has 0 aliphatic carbocycles. The first-order valence-electron chi connectivity index (χ1n) is 9.47. The normalized spacial score (nSPS) is 9.75. The minimum atomic E-state index is -0.227. The summed E-state index contributed by atoms with van der Waals surface area (Å²) in [6, 6.07) is 20.2. The molecule has 0 atom stereocenters. The lowest BCUT2D eigenvalue weighted by Crippen LogP contribution is -2.05. The van der Waals surface area contributed by atoms with Gasteiger partial charge in [-0.2, -0.15) is 10.5 Å². The van der Waals surface area contributed by atoms with Gasteiger partial charge >= 0.3 is 0 Å². The van der Waals surface area contributed by atoms with Gasteiger partial charge in [0.15, 0.2) is 11.5 Å². The number of nitrogens with one attached hydrogen (secondary N) is 2. The van der Waals surface area contributed by atoms with Gasteiger partial charge in [-0.3, -0.25) is 9.59 Å². The van der Waals surface area contributed by atoms with Gasteiger partial charge in [-0.25, -0.2) is 0 Å². The summed E-state index contributed by atoms with van der Waals surface area (Å²) in [6.45, 7) is 2.79. The van der Waals surface area contributed by atoms with Gasteiger partial charge in [0, 0.05) is 49.5 Å². The number of carbonyl (C=O) groups excluding carboxylic acids is 2. The summed E-state index contributed by atoms with van der Waals surface area (Å²) in [6.07, 6.45) is 0. The van der Waals surface area contributed by atoms with E-state index in [0.717, 1.165) is 0 Å². The number of benzene rings is 3. The minimum Gasteiger partial charge on any atom is -0.453 e. The molecule has 0 heterocycles. The van der Waals surface area contributed by atoms with Crippen molar-refractivity contribution in [3.05, 3.63) is 71.8 Å². The molecule has 2 N–H and O–H groups in total. The van der Waals surface area contributed by atoms with Crippen molar-refractivity contribution in [3.8, 4) is 35.1 Å². The van der Waals surface area contributed by atoms with Crippen LogP contribution in [0.2, 0.25) is 0 Å². The lowest BCUT2D eigenvalue weighted by atomic mass is 10.1. The van der Waals surface area contributed by atoms with Gasteiger partial charge in [0.1, 0.15) is 23.6 Å². The van der Waals surface area contributed by atoms with Crippen molar-refractivity contribution in [2.75, 3.05) is 10.6 Å². The fourth-order valence-electron chi connectivity index (χ4n) is 2.84. The third kappa shape index (κ3) is 5.62. The second-order valence-electron chi connectivity index (χ2n) is 6.69. The Balaban J connectivity index is 1.99. The Labute approximate surface area is 184 Å². The van der Waals surface area contributed by atoms with Crippen LogP contribution in [0.4, 0.5) is 11.4 Å². The summed E-state index contributed by atoms with van der Waals surface area (Å²) < 4.78 is 11.9. The van der Waals surface area contributed by atoms with Crippen LogP contribution >= 0.6 is 0 Å². The highest BCUT2D eigenvalue weighted by molar-refractivity contribution is 5.89. The van der Waals surface area contributed by atoms with Gasteiger partial charge < -0.3 is 20.1 Å². The molecule has 0 aliphatic rings. The van der Waals surface area contributed by atoms with Crippen LogP contribution in [-0.2, 0) is 9.59 Å². The highest BCUT2D eigenvalue weighted by Gasteiger charge is 2.15. The Hall–Kier alpha value is -4.82. The van der Waals surface area contributed by atoms with Crippen LogP contribution in [0.25, 0.3) is 0 Å². The van der Waals surface area contributed by atoms with Crippen LogP contribution in [0.3, 0.4) is 0 Å². The average Bonchev–Trinajstić information content (AvgIpc) is 2.74. The molecule has 0 aromatic heterocycles. The Morgan fingerprint density at radius 1 is 0.719 bits per heavy atom. The number of carbonyl (C=O) groups is 2. The standard InChI is InChI=1S/C24H18N4O4/c1-15(29)27-19-5-3-7-21(11-19)31-23-9-17(13-25)18(14-26)10-24(23)32-22-8-4-6-20(12-22)28-16(2)30/h3-12H,1-2H3,(H,27,29)(H,28,30). The van der Waals surface area contributed by atoms with E-state index in [-0.39, 0.29) is 34.4 Å². The summed E-state index contributed by atoms with van der Waals surface area (Å²) in [5.74, 6) is 0.727. The summed E-state index contributed by atoms with van der Waals surface area (Å²) in [5, 5.41) is 24.1.